The van der Waals surface area contributed by atoms with Crippen LogP contribution in [0, 0.1) is 0 Å². The topological polar surface area (TPSA) is 55.8 Å². The standard InChI is InChI=1S/C16H17NO4S2/c1-10(2)21-14(18)9-17-15(19)13(23-16(17)22)8-11-6-4-5-7-12(11)20-3/h4-8,10H,9H2,1-3H3/b13-8-. The summed E-state index contributed by atoms with van der Waals surface area (Å²) in [6.45, 7) is 3.33. The molecule has 0 aromatic heterocycles. The van der Waals surface area contributed by atoms with Crippen molar-refractivity contribution in [3.63, 3.8) is 0 Å². The van der Waals surface area contributed by atoms with Gasteiger partial charge in [-0.25, -0.2) is 0 Å². The lowest BCUT2D eigenvalue weighted by molar-refractivity contribution is -0.149. The molecule has 1 amide bonds. The van der Waals surface area contributed by atoms with E-state index in [-0.39, 0.29) is 18.6 Å². The lowest BCUT2D eigenvalue weighted by atomic mass is 10.2. The zero-order valence-electron chi connectivity index (χ0n) is 13.1. The summed E-state index contributed by atoms with van der Waals surface area (Å²) in [6.07, 6.45) is 1.48. The van der Waals surface area contributed by atoms with E-state index >= 15 is 0 Å². The molecule has 0 bridgehead atoms. The normalized spacial score (nSPS) is 16.3. The number of carbonyl (C=O) groups excluding carboxylic acids is 2. The molecule has 0 atom stereocenters. The van der Waals surface area contributed by atoms with Crippen LogP contribution in [0.4, 0.5) is 0 Å². The van der Waals surface area contributed by atoms with Crippen molar-refractivity contribution in [1.29, 1.82) is 0 Å². The van der Waals surface area contributed by atoms with Crippen molar-refractivity contribution in [2.45, 2.75) is 20.0 Å². The number of ether oxygens (including phenoxy) is 2. The second-order valence-electron chi connectivity index (χ2n) is 5.05. The summed E-state index contributed by atoms with van der Waals surface area (Å²) in [4.78, 5) is 25.9. The summed E-state index contributed by atoms with van der Waals surface area (Å²) in [7, 11) is 1.57. The van der Waals surface area contributed by atoms with E-state index in [4.69, 9.17) is 21.7 Å². The molecule has 1 aromatic carbocycles. The highest BCUT2D eigenvalue weighted by Gasteiger charge is 2.34. The van der Waals surface area contributed by atoms with Gasteiger partial charge in [0.2, 0.25) is 0 Å². The Morgan fingerprint density at radius 1 is 1.39 bits per heavy atom. The van der Waals surface area contributed by atoms with Crippen LogP contribution in [-0.4, -0.2) is 40.9 Å². The number of thiocarbonyl (C=S) groups is 1. The predicted molar refractivity (Wildman–Crippen MR) is 94.1 cm³/mol. The highest BCUT2D eigenvalue weighted by Crippen LogP contribution is 2.34. The Morgan fingerprint density at radius 3 is 2.74 bits per heavy atom. The molecule has 5 nitrogen and oxygen atoms in total. The molecule has 1 aliphatic rings. The van der Waals surface area contributed by atoms with Crippen LogP contribution in [-0.2, 0) is 14.3 Å². The van der Waals surface area contributed by atoms with Crippen molar-refractivity contribution in [2.24, 2.45) is 0 Å². The number of amides is 1. The molecule has 1 saturated heterocycles. The van der Waals surface area contributed by atoms with Gasteiger partial charge in [-0.2, -0.15) is 0 Å². The minimum Gasteiger partial charge on any atom is -0.496 e. The molecule has 1 fully saturated rings. The zero-order valence-corrected chi connectivity index (χ0v) is 14.7. The van der Waals surface area contributed by atoms with Crippen LogP contribution in [0.1, 0.15) is 19.4 Å². The van der Waals surface area contributed by atoms with Crippen molar-refractivity contribution in [3.05, 3.63) is 34.7 Å². The van der Waals surface area contributed by atoms with Crippen molar-refractivity contribution in [2.75, 3.05) is 13.7 Å². The minimum atomic E-state index is -0.477. The van der Waals surface area contributed by atoms with Gasteiger partial charge in [0.1, 0.15) is 16.6 Å². The summed E-state index contributed by atoms with van der Waals surface area (Å²) < 4.78 is 10.7. The smallest absolute Gasteiger partial charge is 0.326 e. The van der Waals surface area contributed by atoms with E-state index in [1.54, 1.807) is 27.0 Å². The molecule has 0 spiro atoms. The molecule has 7 heteroatoms. The number of carbonyl (C=O) groups is 2. The first-order chi connectivity index (χ1) is 10.9. The molecule has 23 heavy (non-hydrogen) atoms. The van der Waals surface area contributed by atoms with Gasteiger partial charge in [0, 0.05) is 5.56 Å². The third-order valence-corrected chi connectivity index (χ3v) is 4.33. The van der Waals surface area contributed by atoms with Gasteiger partial charge in [-0.1, -0.05) is 42.2 Å². The molecule has 0 unspecified atom stereocenters. The number of hydrogen-bond acceptors (Lipinski definition) is 6. The molecule has 1 aromatic rings. The molecule has 1 aliphatic heterocycles. The lowest BCUT2D eigenvalue weighted by Crippen LogP contribution is -2.35. The quantitative estimate of drug-likeness (QED) is 0.462. The molecule has 0 saturated carbocycles. The molecule has 0 aliphatic carbocycles. The monoisotopic (exact) mass is 351 g/mol. The van der Waals surface area contributed by atoms with Gasteiger partial charge < -0.3 is 9.47 Å². The molecule has 0 radical (unpaired) electrons. The van der Waals surface area contributed by atoms with Gasteiger partial charge in [-0.05, 0) is 26.0 Å². The first-order valence-corrected chi connectivity index (χ1v) is 8.22. The Morgan fingerprint density at radius 2 is 2.09 bits per heavy atom. The van der Waals surface area contributed by atoms with Crippen LogP contribution in [0.2, 0.25) is 0 Å². The summed E-state index contributed by atoms with van der Waals surface area (Å²) in [5, 5.41) is 0. The number of para-hydroxylation sites is 1. The zero-order chi connectivity index (χ0) is 17.0. The fraction of sp³-hybridized carbons (Fsp3) is 0.312. The number of benzene rings is 1. The van der Waals surface area contributed by atoms with Crippen LogP contribution in [0.25, 0.3) is 6.08 Å². The fourth-order valence-corrected chi connectivity index (χ4v) is 3.24. The summed E-state index contributed by atoms with van der Waals surface area (Å²) in [5.41, 5.74) is 0.778. The first kappa shape index (κ1) is 17.5. The maximum Gasteiger partial charge on any atom is 0.326 e. The molecule has 122 valence electrons. The van der Waals surface area contributed by atoms with Crippen molar-refractivity contribution < 1.29 is 19.1 Å². The van der Waals surface area contributed by atoms with E-state index < -0.39 is 5.97 Å². The number of thioether (sulfide) groups is 1. The van der Waals surface area contributed by atoms with Crippen LogP contribution in [0.3, 0.4) is 0 Å². The van der Waals surface area contributed by atoms with Crippen molar-refractivity contribution >= 4 is 46.3 Å². The Balaban J connectivity index is 2.17. The Hall–Kier alpha value is -1.86. The molecular weight excluding hydrogens is 334 g/mol. The second-order valence-corrected chi connectivity index (χ2v) is 6.72. The Kier molecular flexibility index (Phi) is 5.79. The summed E-state index contributed by atoms with van der Waals surface area (Å²) in [5.74, 6) is -0.113. The van der Waals surface area contributed by atoms with Crippen LogP contribution < -0.4 is 4.74 Å². The maximum atomic E-state index is 12.4. The second kappa shape index (κ2) is 7.61. The third kappa shape index (κ3) is 4.33. The number of nitrogens with zero attached hydrogens (tertiary/aromatic N) is 1. The van der Waals surface area contributed by atoms with E-state index in [0.29, 0.717) is 15.0 Å². The summed E-state index contributed by atoms with van der Waals surface area (Å²) in [6, 6.07) is 7.36. The number of rotatable bonds is 5. The molecular formula is C16H17NO4S2. The van der Waals surface area contributed by atoms with E-state index in [2.05, 4.69) is 0 Å². The number of hydrogen-bond donors (Lipinski definition) is 0. The van der Waals surface area contributed by atoms with Crippen LogP contribution >= 0.6 is 24.0 Å². The van der Waals surface area contributed by atoms with Crippen molar-refractivity contribution in [3.8, 4) is 5.75 Å². The largest absolute Gasteiger partial charge is 0.496 e. The predicted octanol–water partition coefficient (Wildman–Crippen LogP) is 2.85. The van der Waals surface area contributed by atoms with Gasteiger partial charge in [0.25, 0.3) is 5.91 Å². The Bertz CT molecular complexity index is 670. The van der Waals surface area contributed by atoms with E-state index in [1.807, 2.05) is 24.3 Å². The van der Waals surface area contributed by atoms with Gasteiger partial charge >= 0.3 is 5.97 Å². The molecule has 2 rings (SSSR count). The van der Waals surface area contributed by atoms with E-state index in [9.17, 15) is 9.59 Å². The van der Waals surface area contributed by atoms with Gasteiger partial charge in [0.05, 0.1) is 18.1 Å². The highest BCUT2D eigenvalue weighted by atomic mass is 32.2. The van der Waals surface area contributed by atoms with Gasteiger partial charge in [-0.3, -0.25) is 14.5 Å². The molecule has 0 N–H and O–H groups in total. The first-order valence-electron chi connectivity index (χ1n) is 7.00. The van der Waals surface area contributed by atoms with Crippen LogP contribution in [0.5, 0.6) is 5.75 Å². The summed E-state index contributed by atoms with van der Waals surface area (Å²) >= 11 is 6.35. The maximum absolute atomic E-state index is 12.4. The Labute approximate surface area is 144 Å². The lowest BCUT2D eigenvalue weighted by Gasteiger charge is -2.14. The fourth-order valence-electron chi connectivity index (χ4n) is 1.99. The van der Waals surface area contributed by atoms with Gasteiger partial charge in [0.15, 0.2) is 0 Å². The van der Waals surface area contributed by atoms with Crippen molar-refractivity contribution in [1.82, 2.24) is 4.90 Å². The average molecular weight is 351 g/mol. The average Bonchev–Trinajstić information content (AvgIpc) is 2.74. The van der Waals surface area contributed by atoms with Crippen LogP contribution in [0.15, 0.2) is 29.2 Å². The third-order valence-electron chi connectivity index (χ3n) is 2.95. The van der Waals surface area contributed by atoms with Gasteiger partial charge in [-0.15, -0.1) is 0 Å². The number of esters is 1. The molecule has 1 heterocycles. The van der Waals surface area contributed by atoms with E-state index in [0.717, 1.165) is 17.3 Å². The SMILES string of the molecule is COc1ccccc1/C=C1\SC(=S)N(CC(=O)OC(C)C)C1=O. The highest BCUT2D eigenvalue weighted by molar-refractivity contribution is 8.26. The minimum absolute atomic E-state index is 0.174. The number of methoxy groups -OCH3 is 1. The van der Waals surface area contributed by atoms with E-state index in [1.165, 1.54) is 4.90 Å².